The molecule has 0 radical (unpaired) electrons. The van der Waals surface area contributed by atoms with Crippen molar-refractivity contribution in [1.29, 1.82) is 0 Å². The molecule has 0 saturated carbocycles. The van der Waals surface area contributed by atoms with Crippen LogP contribution in [-0.2, 0) is 27.7 Å². The number of nitrogens with zero attached hydrogens (tertiary/aromatic N) is 6. The Kier molecular flexibility index (Phi) is 95.8. The monoisotopic (exact) mass is 1650 g/mol. The molecule has 6 aliphatic rings. The zero-order valence-electron chi connectivity index (χ0n) is 66.8. The third-order valence-electron chi connectivity index (χ3n) is 20.6. The third-order valence-corrected chi connectivity index (χ3v) is 26.5. The minimum Gasteiger partial charge on any atom is -0.813 e. The largest absolute Gasteiger partial charge is 0.813 e. The van der Waals surface area contributed by atoms with E-state index in [4.69, 9.17) is 82.2 Å². The van der Waals surface area contributed by atoms with E-state index in [1.807, 2.05) is 27.7 Å². The summed E-state index contributed by atoms with van der Waals surface area (Å²) in [5.74, 6) is 11.1. The first-order chi connectivity index (χ1) is 44.5. The molecule has 0 bridgehead atoms. The number of azide groups is 1. The molecule has 6 heterocycles. The molecule has 0 amide bonds. The maximum absolute atomic E-state index is 9.32. The molecule has 6 aliphatic heterocycles. The number of nitrogens with one attached hydrogen (secondary N) is 1. The Balaban J connectivity index is -0.000000112. The molecule has 0 aromatic heterocycles. The van der Waals surface area contributed by atoms with Gasteiger partial charge in [-0.2, -0.15) is 11.8 Å². The minimum atomic E-state index is -1.38. The van der Waals surface area contributed by atoms with E-state index in [1.165, 1.54) is 98.8 Å². The summed E-state index contributed by atoms with van der Waals surface area (Å²) < 4.78 is 14.8. The van der Waals surface area contributed by atoms with Crippen molar-refractivity contribution in [3.63, 3.8) is 0 Å². The van der Waals surface area contributed by atoms with Crippen molar-refractivity contribution in [2.45, 2.75) is 306 Å². The van der Waals surface area contributed by atoms with Gasteiger partial charge in [0.05, 0.1) is 56.4 Å². The van der Waals surface area contributed by atoms with Crippen LogP contribution in [0.2, 0.25) is 10.1 Å². The molecule has 0 spiro atoms. The molecule has 0 aromatic carbocycles. The maximum atomic E-state index is 9.32. The van der Waals surface area contributed by atoms with Crippen LogP contribution in [0, 0.1) is 82.9 Å². The van der Waals surface area contributed by atoms with Crippen LogP contribution in [0.1, 0.15) is 205 Å². The van der Waals surface area contributed by atoms with Crippen LogP contribution in [0.25, 0.3) is 26.4 Å². The molecular weight excluding hydrogens is 1510 g/mol. The Labute approximate surface area is 727 Å². The molecule has 6 rings (SSSR count). The maximum Gasteiger partial charge on any atom is -0.813 e. The normalized spacial score (nSPS) is 32.6. The van der Waals surface area contributed by atoms with Gasteiger partial charge in [-0.3, -0.25) is 4.91 Å². The second-order valence-electron chi connectivity index (χ2n) is 27.2. The Morgan fingerprint density at radius 2 is 0.990 bits per heavy atom. The van der Waals surface area contributed by atoms with Crippen LogP contribution < -0.4 is 94.0 Å². The number of aliphatic hydroxyl groups is 13. The number of rotatable bonds is 19. The third kappa shape index (κ3) is 52.9. The van der Waals surface area contributed by atoms with Gasteiger partial charge in [0.1, 0.15) is 36.6 Å². The van der Waals surface area contributed by atoms with Crippen LogP contribution in [0.15, 0.2) is 5.11 Å². The quantitative estimate of drug-likeness (QED) is 0.0199. The van der Waals surface area contributed by atoms with Crippen LogP contribution in [0.3, 0.4) is 0 Å². The number of hydrogen-bond acceptors (Lipinski definition) is 20. The molecular formula is C68H145N7Na5O16S2Se2+. The van der Waals surface area contributed by atoms with Crippen molar-refractivity contribution < 1.29 is 169 Å². The van der Waals surface area contributed by atoms with Crippen LogP contribution >= 0.6 is 11.8 Å². The molecule has 30 atom stereocenters. The van der Waals surface area contributed by atoms with Gasteiger partial charge in [0.25, 0.3) is 0 Å². The van der Waals surface area contributed by atoms with Crippen molar-refractivity contribution in [1.82, 2.24) is 5.32 Å². The first kappa shape index (κ1) is 126. The fourth-order valence-corrected chi connectivity index (χ4v) is 15.9. The van der Waals surface area contributed by atoms with Crippen LogP contribution in [0.4, 0.5) is 0 Å². The van der Waals surface area contributed by atoms with Crippen molar-refractivity contribution >= 4 is 97.0 Å². The Morgan fingerprint density at radius 1 is 0.550 bits per heavy atom. The molecule has 13 unspecified atom stereocenters. The summed E-state index contributed by atoms with van der Waals surface area (Å²) in [6, 6.07) is 0.806. The summed E-state index contributed by atoms with van der Waals surface area (Å²) in [5, 5.41) is 124. The summed E-state index contributed by atoms with van der Waals surface area (Å²) in [4.78, 5) is 5.37. The summed E-state index contributed by atoms with van der Waals surface area (Å²) in [6.45, 7) is 48.8. The van der Waals surface area contributed by atoms with Gasteiger partial charge in [0.15, 0.2) is 12.6 Å². The van der Waals surface area contributed by atoms with E-state index in [-0.39, 0.29) is 166 Å². The zero-order valence-corrected chi connectivity index (χ0v) is 82.0. The second kappa shape index (κ2) is 76.3. The Hall–Kier alpha value is 4.68. The first-order valence-electron chi connectivity index (χ1n) is 35.4. The Bertz CT molecular complexity index is 1720. The van der Waals surface area contributed by atoms with Crippen molar-refractivity contribution in [3.8, 4) is 0 Å². The van der Waals surface area contributed by atoms with Crippen molar-refractivity contribution in [3.05, 3.63) is 26.4 Å². The first-order valence-corrected chi connectivity index (χ1v) is 50.5. The molecule has 14 N–H and O–H groups in total. The van der Waals surface area contributed by atoms with E-state index >= 15 is 0 Å². The van der Waals surface area contributed by atoms with Crippen molar-refractivity contribution in [2.24, 2.45) is 88.0 Å². The molecule has 6 fully saturated rings. The number of hydrogen-bond donors (Lipinski definition) is 14. The average Bonchev–Trinajstić information content (AvgIpc) is 1.75. The smallest absolute Gasteiger partial charge is 0.813 e. The van der Waals surface area contributed by atoms with Gasteiger partial charge in [0, 0.05) is 35.8 Å². The number of ether oxygens (including phenoxy) is 3. The van der Waals surface area contributed by atoms with Gasteiger partial charge >= 0.3 is 210 Å². The predicted molar refractivity (Wildman–Crippen MR) is 406 cm³/mol. The van der Waals surface area contributed by atoms with Gasteiger partial charge < -0.3 is 110 Å². The SMILES string of the molecule is C.CC1O[C@H](CO)[C@@H](O)C1O.CCC(C)C(C)[C@H](C)CC.CC[C@@H](C)[C@@H](C)C(C)CN=[N+]=[N-].CC[C@@H](O)[C@@H](C)C(C)CO.CC[C@@H]1SCC(C)[C@@H]1C.CC[C@@H]1[Se]CC(C)[C@@H]1C.CC[C@H]1OC(O)C(C)[C@@H]1C.OC[C@@H]1NCC(O)[C@@H]1O.OC[C@H]1OC(O)C(O)[C@@H]1O.[N-]=[N+]=[N-].[Na+].[Na+].[Na+].[Na][Se][Na].[SH-]. The molecule has 32 heteroatoms. The molecule has 0 aliphatic carbocycles. The van der Waals surface area contributed by atoms with Crippen molar-refractivity contribution in [2.75, 3.05) is 45.3 Å². The topological polar surface area (TPSA) is 410 Å². The number of β-amino-alcohol motifs (C(OH)–C–C–N with tert-alkyl or cyclic N) is 1. The number of thiol groups is 1. The molecule has 6 saturated heterocycles. The molecule has 100 heavy (non-hydrogen) atoms. The summed E-state index contributed by atoms with van der Waals surface area (Å²) >= 11 is 6.12. The number of thioether (sulfide) groups is 1. The fourth-order valence-electron chi connectivity index (χ4n) is 10.8. The van der Waals surface area contributed by atoms with E-state index in [0.717, 1.165) is 85.4 Å². The van der Waals surface area contributed by atoms with Gasteiger partial charge in [-0.05, 0) is 103 Å². The number of aliphatic hydroxyl groups excluding tert-OH is 13. The molecule has 0 aromatic rings. The summed E-state index contributed by atoms with van der Waals surface area (Å²) in [7, 11) is 0. The van der Waals surface area contributed by atoms with E-state index in [9.17, 15) is 10.2 Å². The predicted octanol–water partition coefficient (Wildman–Crippen LogP) is -0.206. The fraction of sp³-hybridized carbons (Fsp3) is 1.00. The van der Waals surface area contributed by atoms with E-state index in [1.54, 1.807) is 6.92 Å². The molecule has 23 nitrogen and oxygen atoms in total. The standard InChI is InChI=1S/C10H22.C9H19N3.C8H16O2.C8H18O2.C8H16S.C8H16Se.C6H12O4.C5H11NO3.C5H10O5.CH4.N3.5Na.H2S.Se/c1-6-8(3)10(5)9(4)7-2;1-5-7(2)9(4)8(3)6-11-12-10;1-4-7-5(2)6(3)8(9)10-7;1-4-8(10)7(3)6(2)5-9;2*1-4-8-7(3)6(2)5-9-8;1-3-5(8)6(9)4(2-7)10-3;7-2-3-5(9)4(8)1-6-3;6-1-2-3(7)4(8)5(9)10-2;;1-3-2;;;;;;;/h8-10H,6-7H2,1-5H3;7-9H,5-6H2,1-4H3;5-9H,4H2,1-3H3;6-10H,4-5H2,1-3H3;2*6-8H,4-5H2,1-3H3;3-9H,2H2,1H3;3-9H,1-2H2;2-9H,1H2;1H4;;;;;;;1H2;/q;;;;;;;;;;-1;;;3*+1;;/p-1/t8-,9?,10?;7-,8?,9-;5-,6?,7+,8?;6?,7-,8+;2*6?,7-,8-;3?,4-,5?,6-;3-,4?,5+;2-,3-,4?,5?;;;;;;;;;/m110000101........./s1. The van der Waals surface area contributed by atoms with E-state index in [0.29, 0.717) is 42.7 Å². The average molecular weight is 1650 g/mol. The van der Waals surface area contributed by atoms with Gasteiger partial charge in [-0.15, -0.1) is 0 Å². The van der Waals surface area contributed by atoms with Gasteiger partial charge in [-0.1, -0.05) is 156 Å². The van der Waals surface area contributed by atoms with Gasteiger partial charge in [-0.25, -0.2) is 0 Å². The summed E-state index contributed by atoms with van der Waals surface area (Å²) in [6.07, 6.45) is -1.22. The van der Waals surface area contributed by atoms with Crippen LogP contribution in [0.5, 0.6) is 0 Å². The van der Waals surface area contributed by atoms with Gasteiger partial charge in [0.2, 0.25) is 0 Å². The zero-order chi connectivity index (χ0) is 75.0. The second-order valence-corrected chi connectivity index (χ2v) is 49.8. The summed E-state index contributed by atoms with van der Waals surface area (Å²) in [5.41, 5.74) is 21.7. The molecule has 576 valence electrons. The minimum absolute atomic E-state index is 0. The van der Waals surface area contributed by atoms with Crippen LogP contribution in [-0.4, -0.2) is 274 Å². The van der Waals surface area contributed by atoms with E-state index in [2.05, 4.69) is 150 Å². The Morgan fingerprint density at radius 3 is 1.20 bits per heavy atom. The van der Waals surface area contributed by atoms with E-state index < -0.39 is 68.0 Å².